The summed E-state index contributed by atoms with van der Waals surface area (Å²) < 4.78 is 43.2. The maximum absolute atomic E-state index is 12.5. The number of carbonyl (C=O) groups is 1. The van der Waals surface area contributed by atoms with Crippen LogP contribution in [0.3, 0.4) is 0 Å². The van der Waals surface area contributed by atoms with Gasteiger partial charge in [-0.05, 0) is 42.5 Å². The van der Waals surface area contributed by atoms with Gasteiger partial charge >= 0.3 is 6.18 Å². The molecule has 0 fully saturated rings. The van der Waals surface area contributed by atoms with Gasteiger partial charge in [0, 0.05) is 18.3 Å². The first-order valence-electron chi connectivity index (χ1n) is 7.31. The van der Waals surface area contributed by atoms with E-state index in [1.54, 1.807) is 18.2 Å². The minimum Gasteiger partial charge on any atom is -0.490 e. The first kappa shape index (κ1) is 16.2. The van der Waals surface area contributed by atoms with Gasteiger partial charge in [0.1, 0.15) is 12.4 Å². The molecule has 0 unspecified atom stereocenters. The maximum Gasteiger partial charge on any atom is 0.416 e. The van der Waals surface area contributed by atoms with E-state index in [9.17, 15) is 18.0 Å². The number of hydrogen-bond acceptors (Lipinski definition) is 3. The number of carbonyl (C=O) groups excluding carboxylic acids is 1. The number of likely N-dealkylation sites (N-methyl/N-ethyl adjacent to an activating group) is 1. The number of nitrogens with one attached hydrogen (secondary N) is 1. The van der Waals surface area contributed by atoms with E-state index in [4.69, 9.17) is 4.74 Å². The lowest BCUT2D eigenvalue weighted by Crippen LogP contribution is -2.28. The highest BCUT2D eigenvalue weighted by molar-refractivity contribution is 6.04. The molecule has 0 saturated heterocycles. The lowest BCUT2D eigenvalue weighted by molar-refractivity contribution is -0.137. The Morgan fingerprint density at radius 3 is 2.54 bits per heavy atom. The molecular formula is C17H15F3N2O2. The summed E-state index contributed by atoms with van der Waals surface area (Å²) in [5, 5.41) is 2.68. The monoisotopic (exact) mass is 336 g/mol. The third kappa shape index (κ3) is 3.29. The van der Waals surface area contributed by atoms with Gasteiger partial charge < -0.3 is 15.0 Å². The Hall–Kier alpha value is -2.70. The Kier molecular flexibility index (Phi) is 4.09. The molecule has 3 rings (SSSR count). The number of fused-ring (bicyclic) bond motifs is 1. The van der Waals surface area contributed by atoms with Gasteiger partial charge in [-0.2, -0.15) is 13.2 Å². The molecule has 0 spiro atoms. The summed E-state index contributed by atoms with van der Waals surface area (Å²) in [6, 6.07) is 9.33. The van der Waals surface area contributed by atoms with Gasteiger partial charge in [-0.25, -0.2) is 0 Å². The molecule has 1 N–H and O–H groups in total. The lowest BCUT2D eigenvalue weighted by Gasteiger charge is -2.28. The van der Waals surface area contributed by atoms with Crippen molar-refractivity contribution in [3.05, 3.63) is 53.6 Å². The quantitative estimate of drug-likeness (QED) is 0.907. The topological polar surface area (TPSA) is 41.6 Å². The highest BCUT2D eigenvalue weighted by Gasteiger charge is 2.30. The molecule has 2 aromatic carbocycles. The molecular weight excluding hydrogens is 321 g/mol. The molecule has 1 aliphatic heterocycles. The maximum atomic E-state index is 12.5. The third-order valence-corrected chi connectivity index (χ3v) is 3.79. The Morgan fingerprint density at radius 1 is 1.17 bits per heavy atom. The van der Waals surface area contributed by atoms with E-state index in [2.05, 4.69) is 5.32 Å². The first-order chi connectivity index (χ1) is 11.3. The second-order valence-electron chi connectivity index (χ2n) is 5.48. The summed E-state index contributed by atoms with van der Waals surface area (Å²) in [5.74, 6) is 0.263. The van der Waals surface area contributed by atoms with Crippen LogP contribution in [0.5, 0.6) is 5.75 Å². The second-order valence-corrected chi connectivity index (χ2v) is 5.48. The van der Waals surface area contributed by atoms with Crippen molar-refractivity contribution in [2.45, 2.75) is 6.18 Å². The summed E-state index contributed by atoms with van der Waals surface area (Å²) in [7, 11) is 1.92. The number of nitrogens with zero attached hydrogens (tertiary/aromatic N) is 1. The van der Waals surface area contributed by atoms with Gasteiger partial charge in [0.2, 0.25) is 0 Å². The molecule has 0 atom stereocenters. The molecule has 1 aliphatic rings. The molecule has 126 valence electrons. The largest absolute Gasteiger partial charge is 0.490 e. The van der Waals surface area contributed by atoms with Crippen molar-refractivity contribution in [3.8, 4) is 5.75 Å². The Balaban J connectivity index is 1.76. The molecule has 1 heterocycles. The van der Waals surface area contributed by atoms with Crippen LogP contribution in [-0.4, -0.2) is 26.1 Å². The van der Waals surface area contributed by atoms with E-state index in [0.717, 1.165) is 42.2 Å². The van der Waals surface area contributed by atoms with Crippen LogP contribution in [0.4, 0.5) is 24.5 Å². The fraction of sp³-hybridized carbons (Fsp3) is 0.235. The van der Waals surface area contributed by atoms with Crippen LogP contribution in [0, 0.1) is 0 Å². The molecule has 2 aromatic rings. The van der Waals surface area contributed by atoms with Crippen molar-refractivity contribution in [1.29, 1.82) is 0 Å². The van der Waals surface area contributed by atoms with Gasteiger partial charge in [-0.3, -0.25) is 4.79 Å². The average Bonchev–Trinajstić information content (AvgIpc) is 2.55. The standard InChI is InChI=1S/C17H15F3N2O2/c1-22-8-9-24-15-7-6-13(10-14(15)22)21-16(23)11-2-4-12(5-3-11)17(18,19)20/h2-7,10H,8-9H2,1H3,(H,21,23). The smallest absolute Gasteiger partial charge is 0.416 e. The Morgan fingerprint density at radius 2 is 1.88 bits per heavy atom. The van der Waals surface area contributed by atoms with Gasteiger partial charge in [-0.15, -0.1) is 0 Å². The Bertz CT molecular complexity index is 757. The van der Waals surface area contributed by atoms with E-state index in [1.165, 1.54) is 0 Å². The van der Waals surface area contributed by atoms with Crippen molar-refractivity contribution < 1.29 is 22.7 Å². The molecule has 0 saturated carbocycles. The number of hydrogen-bond donors (Lipinski definition) is 1. The SMILES string of the molecule is CN1CCOc2ccc(NC(=O)c3ccc(C(F)(F)F)cc3)cc21. The van der Waals surface area contributed by atoms with Crippen molar-refractivity contribution in [2.75, 3.05) is 30.4 Å². The minimum absolute atomic E-state index is 0.158. The fourth-order valence-corrected chi connectivity index (χ4v) is 2.44. The zero-order chi connectivity index (χ0) is 17.3. The molecule has 0 aromatic heterocycles. The average molecular weight is 336 g/mol. The predicted octanol–water partition coefficient (Wildman–Crippen LogP) is 3.79. The third-order valence-electron chi connectivity index (χ3n) is 3.79. The van der Waals surface area contributed by atoms with Crippen molar-refractivity contribution in [1.82, 2.24) is 0 Å². The fourth-order valence-electron chi connectivity index (χ4n) is 2.44. The number of halogens is 3. The normalized spacial score (nSPS) is 13.9. The first-order valence-corrected chi connectivity index (χ1v) is 7.31. The highest BCUT2D eigenvalue weighted by Crippen LogP contribution is 2.33. The molecule has 0 aliphatic carbocycles. The molecule has 1 amide bonds. The van der Waals surface area contributed by atoms with Crippen LogP contribution < -0.4 is 15.0 Å². The van der Waals surface area contributed by atoms with Gasteiger partial charge in [0.25, 0.3) is 5.91 Å². The van der Waals surface area contributed by atoms with Crippen LogP contribution in [0.2, 0.25) is 0 Å². The van der Waals surface area contributed by atoms with E-state index in [1.807, 2.05) is 11.9 Å². The number of alkyl halides is 3. The van der Waals surface area contributed by atoms with Gasteiger partial charge in [0.05, 0.1) is 17.8 Å². The summed E-state index contributed by atoms with van der Waals surface area (Å²) in [6.07, 6.45) is -4.42. The summed E-state index contributed by atoms with van der Waals surface area (Å²) in [4.78, 5) is 14.2. The van der Waals surface area contributed by atoms with Crippen LogP contribution >= 0.6 is 0 Å². The summed E-state index contributed by atoms with van der Waals surface area (Å²) in [5.41, 5.74) is 0.777. The summed E-state index contributed by atoms with van der Waals surface area (Å²) >= 11 is 0. The number of anilines is 2. The van der Waals surface area contributed by atoms with Crippen LogP contribution in [-0.2, 0) is 6.18 Å². The van der Waals surface area contributed by atoms with Crippen molar-refractivity contribution >= 4 is 17.3 Å². The zero-order valence-corrected chi connectivity index (χ0v) is 12.9. The molecule has 0 bridgehead atoms. The zero-order valence-electron chi connectivity index (χ0n) is 12.9. The highest BCUT2D eigenvalue weighted by atomic mass is 19.4. The second kappa shape index (κ2) is 6.07. The number of amides is 1. The van der Waals surface area contributed by atoms with Crippen LogP contribution in [0.25, 0.3) is 0 Å². The van der Waals surface area contributed by atoms with Crippen molar-refractivity contribution in [2.24, 2.45) is 0 Å². The van der Waals surface area contributed by atoms with E-state index >= 15 is 0 Å². The lowest BCUT2D eigenvalue weighted by atomic mass is 10.1. The van der Waals surface area contributed by atoms with E-state index < -0.39 is 17.6 Å². The summed E-state index contributed by atoms with van der Waals surface area (Å²) in [6.45, 7) is 1.34. The van der Waals surface area contributed by atoms with E-state index in [-0.39, 0.29) is 5.56 Å². The van der Waals surface area contributed by atoms with Crippen molar-refractivity contribution in [3.63, 3.8) is 0 Å². The molecule has 7 heteroatoms. The minimum atomic E-state index is -4.42. The molecule has 4 nitrogen and oxygen atoms in total. The van der Waals surface area contributed by atoms with Crippen LogP contribution in [0.1, 0.15) is 15.9 Å². The van der Waals surface area contributed by atoms with Crippen LogP contribution in [0.15, 0.2) is 42.5 Å². The van der Waals surface area contributed by atoms with E-state index in [0.29, 0.717) is 12.3 Å². The number of rotatable bonds is 2. The van der Waals surface area contributed by atoms with Gasteiger partial charge in [0.15, 0.2) is 0 Å². The number of ether oxygens (including phenoxy) is 1. The Labute approximate surface area is 136 Å². The molecule has 0 radical (unpaired) electrons. The number of benzene rings is 2. The predicted molar refractivity (Wildman–Crippen MR) is 84.6 cm³/mol. The molecule has 24 heavy (non-hydrogen) atoms. The van der Waals surface area contributed by atoms with Gasteiger partial charge in [-0.1, -0.05) is 0 Å².